The molecule has 0 aliphatic rings. The van der Waals surface area contributed by atoms with Crippen molar-refractivity contribution >= 4 is 40.9 Å². The summed E-state index contributed by atoms with van der Waals surface area (Å²) < 4.78 is 31.6. The molecule has 0 spiro atoms. The molecule has 0 saturated carbocycles. The summed E-state index contributed by atoms with van der Waals surface area (Å²) in [7, 11) is 0. The van der Waals surface area contributed by atoms with Crippen molar-refractivity contribution in [3.05, 3.63) is 89.5 Å². The van der Waals surface area contributed by atoms with E-state index in [-0.39, 0.29) is 22.9 Å². The Hall–Kier alpha value is -4.23. The molecule has 0 saturated heterocycles. The van der Waals surface area contributed by atoms with Crippen molar-refractivity contribution in [1.29, 1.82) is 5.26 Å². The second-order valence-corrected chi connectivity index (χ2v) is 7.79. The van der Waals surface area contributed by atoms with Gasteiger partial charge in [0.25, 0.3) is 5.91 Å². The summed E-state index contributed by atoms with van der Waals surface area (Å²) in [6, 6.07) is 17.5. The van der Waals surface area contributed by atoms with Gasteiger partial charge in [-0.1, -0.05) is 18.2 Å². The van der Waals surface area contributed by atoms with Gasteiger partial charge in [0, 0.05) is 16.6 Å². The molecule has 0 heterocycles. The number of nitriles is 1. The number of carbonyl (C=O) groups is 3. The largest absolute Gasteiger partial charge is 0.452 e. The summed E-state index contributed by atoms with van der Waals surface area (Å²) in [4.78, 5) is 37.2. The first kappa shape index (κ1) is 24.4. The lowest BCUT2D eigenvalue weighted by atomic mass is 10.2. The summed E-state index contributed by atoms with van der Waals surface area (Å²) in [5, 5.41) is 13.8. The third-order valence-electron chi connectivity index (χ3n) is 4.28. The standard InChI is InChI=1S/C24H17F2N3O4S/c25-16-8-9-20(19(26)11-16)29-22(30)13-33-24(32)18-6-1-2-7-21(18)34-14-23(31)28-17-5-3-4-15(10-17)12-27/h1-11H,13-14H2,(H,28,31)(H,29,30). The Morgan fingerprint density at radius 1 is 0.941 bits per heavy atom. The van der Waals surface area contributed by atoms with Crippen LogP contribution in [0.5, 0.6) is 0 Å². The van der Waals surface area contributed by atoms with Gasteiger partial charge in [-0.15, -0.1) is 11.8 Å². The number of hydrogen-bond acceptors (Lipinski definition) is 6. The number of hydrogen-bond donors (Lipinski definition) is 2. The number of nitrogens with one attached hydrogen (secondary N) is 2. The van der Waals surface area contributed by atoms with Crippen LogP contribution in [0.4, 0.5) is 20.2 Å². The Balaban J connectivity index is 1.55. The third kappa shape index (κ3) is 6.88. The maximum atomic E-state index is 13.6. The van der Waals surface area contributed by atoms with Crippen LogP contribution < -0.4 is 10.6 Å². The van der Waals surface area contributed by atoms with E-state index in [1.54, 1.807) is 36.4 Å². The number of anilines is 2. The summed E-state index contributed by atoms with van der Waals surface area (Å²) in [5.74, 6) is -3.72. The van der Waals surface area contributed by atoms with E-state index in [0.29, 0.717) is 22.2 Å². The van der Waals surface area contributed by atoms with Gasteiger partial charge >= 0.3 is 5.97 Å². The van der Waals surface area contributed by atoms with Crippen LogP contribution in [-0.4, -0.2) is 30.1 Å². The molecule has 0 radical (unpaired) electrons. The van der Waals surface area contributed by atoms with Crippen LogP contribution >= 0.6 is 11.8 Å². The number of thioether (sulfide) groups is 1. The molecule has 0 bridgehead atoms. The van der Waals surface area contributed by atoms with Crippen LogP contribution in [0.15, 0.2) is 71.6 Å². The number of benzene rings is 3. The number of ether oxygens (including phenoxy) is 1. The van der Waals surface area contributed by atoms with Crippen LogP contribution in [0.2, 0.25) is 0 Å². The van der Waals surface area contributed by atoms with Gasteiger partial charge in [0.1, 0.15) is 11.6 Å². The van der Waals surface area contributed by atoms with Gasteiger partial charge in [-0.2, -0.15) is 5.26 Å². The summed E-state index contributed by atoms with van der Waals surface area (Å²) in [5.41, 5.74) is 0.781. The molecule has 3 aromatic carbocycles. The average Bonchev–Trinajstić information content (AvgIpc) is 2.83. The number of esters is 1. The van der Waals surface area contributed by atoms with Gasteiger partial charge in [-0.05, 0) is 42.5 Å². The zero-order valence-electron chi connectivity index (χ0n) is 17.5. The predicted molar refractivity (Wildman–Crippen MR) is 122 cm³/mol. The normalized spacial score (nSPS) is 10.1. The fourth-order valence-electron chi connectivity index (χ4n) is 2.75. The van der Waals surface area contributed by atoms with E-state index in [9.17, 15) is 23.2 Å². The fourth-order valence-corrected chi connectivity index (χ4v) is 3.59. The Morgan fingerprint density at radius 3 is 2.50 bits per heavy atom. The van der Waals surface area contributed by atoms with Gasteiger partial charge < -0.3 is 15.4 Å². The SMILES string of the molecule is N#Cc1cccc(NC(=O)CSc2ccccc2C(=O)OCC(=O)Nc2ccc(F)cc2F)c1. The molecule has 3 aromatic rings. The Bertz CT molecular complexity index is 1280. The fraction of sp³-hybridized carbons (Fsp3) is 0.0833. The molecule has 3 rings (SSSR count). The van der Waals surface area contributed by atoms with Crippen molar-refractivity contribution < 1.29 is 27.9 Å². The van der Waals surface area contributed by atoms with E-state index in [2.05, 4.69) is 10.6 Å². The van der Waals surface area contributed by atoms with Crippen LogP contribution in [0.3, 0.4) is 0 Å². The van der Waals surface area contributed by atoms with E-state index >= 15 is 0 Å². The molecule has 0 aliphatic carbocycles. The zero-order chi connectivity index (χ0) is 24.5. The highest BCUT2D eigenvalue weighted by Crippen LogP contribution is 2.24. The maximum absolute atomic E-state index is 13.6. The molecule has 0 fully saturated rings. The van der Waals surface area contributed by atoms with E-state index < -0.39 is 30.1 Å². The van der Waals surface area contributed by atoms with Gasteiger partial charge in [0.15, 0.2) is 6.61 Å². The lowest BCUT2D eigenvalue weighted by Crippen LogP contribution is -2.21. The van der Waals surface area contributed by atoms with Gasteiger partial charge in [-0.25, -0.2) is 13.6 Å². The molecule has 0 unspecified atom stereocenters. The minimum Gasteiger partial charge on any atom is -0.452 e. The first-order valence-electron chi connectivity index (χ1n) is 9.79. The highest BCUT2D eigenvalue weighted by molar-refractivity contribution is 8.00. The van der Waals surface area contributed by atoms with Gasteiger partial charge in [0.05, 0.1) is 28.6 Å². The second-order valence-electron chi connectivity index (χ2n) is 6.77. The van der Waals surface area contributed by atoms with E-state index in [4.69, 9.17) is 10.00 Å². The number of amides is 2. The highest BCUT2D eigenvalue weighted by Gasteiger charge is 2.16. The van der Waals surface area contributed by atoms with Crippen LogP contribution in [-0.2, 0) is 14.3 Å². The predicted octanol–water partition coefficient (Wildman–Crippen LogP) is 4.36. The molecule has 10 heteroatoms. The molecule has 172 valence electrons. The molecule has 0 atom stereocenters. The van der Waals surface area contributed by atoms with Gasteiger partial charge in [-0.3, -0.25) is 9.59 Å². The van der Waals surface area contributed by atoms with Crippen molar-refractivity contribution in [2.75, 3.05) is 23.0 Å². The van der Waals surface area contributed by atoms with Crippen LogP contribution in [0, 0.1) is 23.0 Å². The number of carbonyl (C=O) groups excluding carboxylic acids is 3. The lowest BCUT2D eigenvalue weighted by molar-refractivity contribution is -0.119. The molecule has 7 nitrogen and oxygen atoms in total. The number of halogens is 2. The van der Waals surface area contributed by atoms with Crippen molar-refractivity contribution in [3.8, 4) is 6.07 Å². The molecule has 2 N–H and O–H groups in total. The molecule has 0 aliphatic heterocycles. The molecular formula is C24H17F2N3O4S. The van der Waals surface area contributed by atoms with Crippen LogP contribution in [0.25, 0.3) is 0 Å². The van der Waals surface area contributed by atoms with Crippen molar-refractivity contribution in [2.45, 2.75) is 4.90 Å². The van der Waals surface area contributed by atoms with E-state index in [0.717, 1.165) is 23.9 Å². The maximum Gasteiger partial charge on any atom is 0.339 e. The van der Waals surface area contributed by atoms with Crippen molar-refractivity contribution in [3.63, 3.8) is 0 Å². The monoisotopic (exact) mass is 481 g/mol. The average molecular weight is 481 g/mol. The van der Waals surface area contributed by atoms with E-state index in [1.807, 2.05) is 6.07 Å². The zero-order valence-corrected chi connectivity index (χ0v) is 18.3. The smallest absolute Gasteiger partial charge is 0.339 e. The van der Waals surface area contributed by atoms with Crippen molar-refractivity contribution in [1.82, 2.24) is 0 Å². The lowest BCUT2D eigenvalue weighted by Gasteiger charge is -2.10. The quantitative estimate of drug-likeness (QED) is 0.366. The van der Waals surface area contributed by atoms with Crippen LogP contribution in [0.1, 0.15) is 15.9 Å². The highest BCUT2D eigenvalue weighted by atomic mass is 32.2. The Kier molecular flexibility index (Phi) is 8.32. The third-order valence-corrected chi connectivity index (χ3v) is 5.35. The van der Waals surface area contributed by atoms with E-state index in [1.165, 1.54) is 12.1 Å². The summed E-state index contributed by atoms with van der Waals surface area (Å²) in [6.45, 7) is -0.690. The number of rotatable bonds is 8. The number of nitrogens with zero attached hydrogens (tertiary/aromatic N) is 1. The summed E-state index contributed by atoms with van der Waals surface area (Å²) in [6.07, 6.45) is 0. The summed E-state index contributed by atoms with van der Waals surface area (Å²) >= 11 is 1.09. The Morgan fingerprint density at radius 2 is 1.74 bits per heavy atom. The minimum absolute atomic E-state index is 0.0224. The second kappa shape index (κ2) is 11.6. The molecule has 2 amide bonds. The first-order valence-corrected chi connectivity index (χ1v) is 10.8. The topological polar surface area (TPSA) is 108 Å². The molecule has 34 heavy (non-hydrogen) atoms. The molecular weight excluding hydrogens is 464 g/mol. The Labute approximate surface area is 197 Å². The minimum atomic E-state index is -0.959. The molecule has 0 aromatic heterocycles. The van der Waals surface area contributed by atoms with Gasteiger partial charge in [0.2, 0.25) is 5.91 Å². The first-order chi connectivity index (χ1) is 16.4. The van der Waals surface area contributed by atoms with Crippen molar-refractivity contribution in [2.24, 2.45) is 0 Å².